The Morgan fingerprint density at radius 2 is 1.78 bits per heavy atom. The van der Waals surface area contributed by atoms with Crippen LogP contribution in [0.25, 0.3) is 5.65 Å². The Morgan fingerprint density at radius 1 is 1.17 bits per heavy atom. The molecule has 18 heavy (non-hydrogen) atoms. The summed E-state index contributed by atoms with van der Waals surface area (Å²) in [6, 6.07) is 5.99. The number of halogens is 2. The Morgan fingerprint density at radius 3 is 2.33 bits per heavy atom. The maximum Gasteiger partial charge on any atom is 0.138 e. The number of hydrogen-bond acceptors (Lipinski definition) is 3. The van der Waals surface area contributed by atoms with Crippen molar-refractivity contribution in [3.05, 3.63) is 30.6 Å². The Kier molecular flexibility index (Phi) is 10.0. The number of hydrogen-bond donors (Lipinski definition) is 2. The highest BCUT2D eigenvalue weighted by molar-refractivity contribution is 14.0. The van der Waals surface area contributed by atoms with Crippen LogP contribution in [-0.4, -0.2) is 22.0 Å². The Bertz CT molecular complexity index is 449. The lowest BCUT2D eigenvalue weighted by Gasteiger charge is -2.21. The van der Waals surface area contributed by atoms with Gasteiger partial charge in [-0.2, -0.15) is 0 Å². The van der Waals surface area contributed by atoms with Gasteiger partial charge in [-0.15, -0.1) is 48.0 Å². The highest BCUT2D eigenvalue weighted by Crippen LogP contribution is 2.15. The molecule has 4 nitrogen and oxygen atoms in total. The van der Waals surface area contributed by atoms with E-state index in [0.717, 1.165) is 11.5 Å². The first kappa shape index (κ1) is 20.2. The molecule has 2 rings (SSSR count). The van der Waals surface area contributed by atoms with E-state index >= 15 is 0 Å². The van der Waals surface area contributed by atoms with Gasteiger partial charge in [0.05, 0.1) is 6.20 Å². The first-order valence-corrected chi connectivity index (χ1v) is 5.34. The lowest BCUT2D eigenvalue weighted by atomic mass is 10.1. The maximum absolute atomic E-state index is 4.50. The third kappa shape index (κ3) is 5.70. The van der Waals surface area contributed by atoms with Gasteiger partial charge in [-0.25, -0.2) is 4.98 Å². The molecule has 0 unspecified atom stereocenters. The smallest absolute Gasteiger partial charge is 0.138 e. The topological polar surface area (TPSA) is 55.4 Å². The molecule has 0 aromatic carbocycles. The molecule has 2 aromatic rings. The van der Waals surface area contributed by atoms with Gasteiger partial charge in [0.2, 0.25) is 0 Å². The molecule has 0 spiro atoms. The van der Waals surface area contributed by atoms with Crippen LogP contribution < -0.4 is 11.1 Å². The standard InChI is InChI=1S/C11H15N3.CH5N.2HI/c1-11(2,3)13-10-8-12-9-6-4-5-7-14(9)10;1-2;;/h4-8,13H,1-3H3;2H2,1H3;2*1H. The van der Waals surface area contributed by atoms with E-state index in [2.05, 4.69) is 36.8 Å². The van der Waals surface area contributed by atoms with Crippen LogP contribution in [-0.2, 0) is 0 Å². The average molecular weight is 476 g/mol. The number of fused-ring (bicyclic) bond motifs is 1. The lowest BCUT2D eigenvalue weighted by Crippen LogP contribution is -2.26. The van der Waals surface area contributed by atoms with Crippen molar-refractivity contribution in [3.63, 3.8) is 0 Å². The molecule has 0 aliphatic rings. The summed E-state index contributed by atoms with van der Waals surface area (Å²) < 4.78 is 2.05. The molecule has 2 aromatic heterocycles. The second-order valence-corrected chi connectivity index (χ2v) is 4.45. The molecule has 6 heteroatoms. The van der Waals surface area contributed by atoms with Crippen LogP contribution in [0, 0.1) is 0 Å². The third-order valence-corrected chi connectivity index (χ3v) is 1.92. The second kappa shape index (κ2) is 8.92. The van der Waals surface area contributed by atoms with Crippen LogP contribution in [0.2, 0.25) is 0 Å². The Hall–Kier alpha value is -0.0900. The van der Waals surface area contributed by atoms with Crippen LogP contribution in [0.4, 0.5) is 5.82 Å². The summed E-state index contributed by atoms with van der Waals surface area (Å²) in [6.45, 7) is 6.40. The number of nitrogens with two attached hydrogens (primary N) is 1. The van der Waals surface area contributed by atoms with Crippen molar-refractivity contribution in [2.45, 2.75) is 26.3 Å². The fourth-order valence-electron chi connectivity index (χ4n) is 1.41. The molecule has 0 fully saturated rings. The number of nitrogens with zero attached hydrogens (tertiary/aromatic N) is 2. The molecule has 0 saturated carbocycles. The summed E-state index contributed by atoms with van der Waals surface area (Å²) in [7, 11) is 1.50. The molecule has 0 radical (unpaired) electrons. The van der Waals surface area contributed by atoms with Crippen LogP contribution in [0.5, 0.6) is 0 Å². The van der Waals surface area contributed by atoms with Gasteiger partial charge in [0, 0.05) is 11.7 Å². The molecule has 104 valence electrons. The van der Waals surface area contributed by atoms with Gasteiger partial charge in [-0.05, 0) is 40.0 Å². The Labute approximate surface area is 143 Å². The summed E-state index contributed by atoms with van der Waals surface area (Å²) in [6.07, 6.45) is 3.87. The summed E-state index contributed by atoms with van der Waals surface area (Å²) in [5.41, 5.74) is 5.53. The van der Waals surface area contributed by atoms with Gasteiger partial charge < -0.3 is 11.1 Å². The predicted octanol–water partition coefficient (Wildman–Crippen LogP) is 3.36. The molecule has 0 saturated heterocycles. The first-order valence-electron chi connectivity index (χ1n) is 5.34. The van der Waals surface area contributed by atoms with Crippen molar-refractivity contribution >= 4 is 59.4 Å². The van der Waals surface area contributed by atoms with Crippen molar-refractivity contribution in [1.29, 1.82) is 0 Å². The van der Waals surface area contributed by atoms with E-state index in [4.69, 9.17) is 0 Å². The highest BCUT2D eigenvalue weighted by atomic mass is 127. The number of nitrogens with one attached hydrogen (secondary N) is 1. The largest absolute Gasteiger partial charge is 0.365 e. The van der Waals surface area contributed by atoms with E-state index in [-0.39, 0.29) is 53.5 Å². The maximum atomic E-state index is 4.50. The van der Waals surface area contributed by atoms with Crippen LogP contribution in [0.15, 0.2) is 30.6 Å². The molecule has 0 amide bonds. The van der Waals surface area contributed by atoms with Crippen LogP contribution in [0.1, 0.15) is 20.8 Å². The van der Waals surface area contributed by atoms with Gasteiger partial charge in [0.15, 0.2) is 0 Å². The van der Waals surface area contributed by atoms with Gasteiger partial charge >= 0.3 is 0 Å². The Balaban J connectivity index is 0. The zero-order valence-electron chi connectivity index (χ0n) is 11.2. The summed E-state index contributed by atoms with van der Waals surface area (Å²) in [5.74, 6) is 1.04. The van der Waals surface area contributed by atoms with Gasteiger partial charge in [0.1, 0.15) is 11.5 Å². The normalized spacial score (nSPS) is 9.61. The molecule has 0 atom stereocenters. The SMILES string of the molecule is CC(C)(C)Nc1cnc2ccccn12.CN.I.I. The number of anilines is 1. The summed E-state index contributed by atoms with van der Waals surface area (Å²) in [5, 5.41) is 3.40. The minimum Gasteiger partial charge on any atom is -0.365 e. The highest BCUT2D eigenvalue weighted by Gasteiger charge is 2.11. The monoisotopic (exact) mass is 476 g/mol. The van der Waals surface area contributed by atoms with E-state index < -0.39 is 0 Å². The zero-order chi connectivity index (χ0) is 12.2. The van der Waals surface area contributed by atoms with E-state index in [1.165, 1.54) is 7.05 Å². The fourth-order valence-corrected chi connectivity index (χ4v) is 1.41. The number of rotatable bonds is 1. The molecule has 0 aliphatic carbocycles. The summed E-state index contributed by atoms with van der Waals surface area (Å²) in [4.78, 5) is 4.30. The first-order chi connectivity index (χ1) is 7.56. The number of pyridine rings is 1. The van der Waals surface area contributed by atoms with E-state index in [1.54, 1.807) is 0 Å². The van der Waals surface area contributed by atoms with Gasteiger partial charge in [-0.1, -0.05) is 6.07 Å². The molecular formula is C12H22I2N4. The van der Waals surface area contributed by atoms with Crippen molar-refractivity contribution in [2.24, 2.45) is 5.73 Å². The van der Waals surface area contributed by atoms with Crippen LogP contribution >= 0.6 is 48.0 Å². The van der Waals surface area contributed by atoms with E-state index in [9.17, 15) is 0 Å². The molecule has 2 heterocycles. The summed E-state index contributed by atoms with van der Waals surface area (Å²) >= 11 is 0. The number of aromatic nitrogens is 2. The quantitative estimate of drug-likeness (QED) is 0.622. The fraction of sp³-hybridized carbons (Fsp3) is 0.417. The number of imidazole rings is 1. The third-order valence-electron chi connectivity index (χ3n) is 1.92. The molecule has 0 bridgehead atoms. The van der Waals surface area contributed by atoms with E-state index in [0.29, 0.717) is 0 Å². The van der Waals surface area contributed by atoms with Gasteiger partial charge in [0.25, 0.3) is 0 Å². The zero-order valence-corrected chi connectivity index (χ0v) is 15.8. The predicted molar refractivity (Wildman–Crippen MR) is 99.5 cm³/mol. The molecule has 0 aliphatic heterocycles. The minimum atomic E-state index is 0. The van der Waals surface area contributed by atoms with Crippen molar-refractivity contribution in [3.8, 4) is 0 Å². The second-order valence-electron chi connectivity index (χ2n) is 4.45. The van der Waals surface area contributed by atoms with Gasteiger partial charge in [-0.3, -0.25) is 4.40 Å². The average Bonchev–Trinajstić information content (AvgIpc) is 2.63. The minimum absolute atomic E-state index is 0. The van der Waals surface area contributed by atoms with Crippen molar-refractivity contribution in [2.75, 3.05) is 12.4 Å². The van der Waals surface area contributed by atoms with Crippen LogP contribution in [0.3, 0.4) is 0 Å². The van der Waals surface area contributed by atoms with Crippen molar-refractivity contribution < 1.29 is 0 Å². The molecular weight excluding hydrogens is 454 g/mol. The van der Waals surface area contributed by atoms with Crippen molar-refractivity contribution in [1.82, 2.24) is 9.38 Å². The molecule has 3 N–H and O–H groups in total. The lowest BCUT2D eigenvalue weighted by molar-refractivity contribution is 0.629. The van der Waals surface area contributed by atoms with E-state index in [1.807, 2.05) is 35.0 Å².